The van der Waals surface area contributed by atoms with Gasteiger partial charge in [-0.15, -0.1) is 0 Å². The Hall–Kier alpha value is -0.940. The van der Waals surface area contributed by atoms with Crippen molar-refractivity contribution in [3.05, 3.63) is 11.7 Å². The summed E-state index contributed by atoms with van der Waals surface area (Å²) in [4.78, 5) is 7.00. The first-order valence-corrected chi connectivity index (χ1v) is 8.14. The van der Waals surface area contributed by atoms with Gasteiger partial charge in [-0.25, -0.2) is 0 Å². The zero-order chi connectivity index (χ0) is 15.5. The van der Waals surface area contributed by atoms with Gasteiger partial charge in [0.1, 0.15) is 0 Å². The van der Waals surface area contributed by atoms with Crippen LogP contribution in [-0.2, 0) is 12.0 Å². The summed E-state index contributed by atoms with van der Waals surface area (Å²) in [6.45, 7) is 14.9. The molecule has 1 saturated heterocycles. The minimum Gasteiger partial charge on any atom is -0.338 e. The van der Waals surface area contributed by atoms with E-state index < -0.39 is 0 Å². The van der Waals surface area contributed by atoms with Crippen LogP contribution >= 0.6 is 0 Å². The van der Waals surface area contributed by atoms with Crippen molar-refractivity contribution in [2.75, 3.05) is 19.6 Å². The lowest BCUT2D eigenvalue weighted by Gasteiger charge is -2.31. The lowest BCUT2D eigenvalue weighted by atomic mass is 9.96. The number of hydrogen-bond donors (Lipinski definition) is 1. The van der Waals surface area contributed by atoms with Gasteiger partial charge in [0.25, 0.3) is 0 Å². The number of hydrogen-bond acceptors (Lipinski definition) is 5. The standard InChI is InChI=1S/C16H30N4O/c1-12(2)20(10-13-7-6-8-17-9-13)11-14-18-15(19-21-14)16(3,4)5/h12-13,17H,6-11H2,1-5H3. The van der Waals surface area contributed by atoms with E-state index in [0.29, 0.717) is 6.04 Å². The first-order valence-electron chi connectivity index (χ1n) is 8.14. The van der Waals surface area contributed by atoms with Crippen LogP contribution in [0.2, 0.25) is 0 Å². The largest absolute Gasteiger partial charge is 0.338 e. The van der Waals surface area contributed by atoms with Gasteiger partial charge < -0.3 is 9.84 Å². The molecule has 2 rings (SSSR count). The van der Waals surface area contributed by atoms with E-state index in [2.05, 4.69) is 55.0 Å². The van der Waals surface area contributed by atoms with Gasteiger partial charge in [-0.3, -0.25) is 4.90 Å². The number of nitrogens with one attached hydrogen (secondary N) is 1. The molecular formula is C16H30N4O. The van der Waals surface area contributed by atoms with Crippen LogP contribution in [0.25, 0.3) is 0 Å². The Bertz CT molecular complexity index is 430. The third kappa shape index (κ3) is 4.78. The maximum Gasteiger partial charge on any atom is 0.240 e. The summed E-state index contributed by atoms with van der Waals surface area (Å²) in [5.41, 5.74) is -0.0578. The Morgan fingerprint density at radius 3 is 2.67 bits per heavy atom. The van der Waals surface area contributed by atoms with Crippen molar-refractivity contribution in [2.45, 2.75) is 65.5 Å². The molecule has 1 aliphatic heterocycles. The van der Waals surface area contributed by atoms with Crippen molar-refractivity contribution in [1.82, 2.24) is 20.4 Å². The van der Waals surface area contributed by atoms with Crippen LogP contribution in [-0.4, -0.2) is 40.7 Å². The minimum absolute atomic E-state index is 0.0578. The predicted octanol–water partition coefficient (Wildman–Crippen LogP) is 2.58. The van der Waals surface area contributed by atoms with Crippen molar-refractivity contribution >= 4 is 0 Å². The molecular weight excluding hydrogens is 264 g/mol. The molecule has 5 heteroatoms. The van der Waals surface area contributed by atoms with Crippen molar-refractivity contribution < 1.29 is 4.52 Å². The quantitative estimate of drug-likeness (QED) is 0.904. The zero-order valence-electron chi connectivity index (χ0n) is 14.1. The lowest BCUT2D eigenvalue weighted by molar-refractivity contribution is 0.146. The molecule has 1 aromatic heterocycles. The third-order valence-electron chi connectivity index (χ3n) is 4.10. The average Bonchev–Trinajstić information content (AvgIpc) is 2.87. The second-order valence-electron chi connectivity index (χ2n) is 7.50. The first-order chi connectivity index (χ1) is 9.86. The molecule has 1 unspecified atom stereocenters. The second kappa shape index (κ2) is 6.88. The smallest absolute Gasteiger partial charge is 0.240 e. The molecule has 0 aromatic carbocycles. The molecule has 5 nitrogen and oxygen atoms in total. The minimum atomic E-state index is -0.0578. The predicted molar refractivity (Wildman–Crippen MR) is 84.1 cm³/mol. The fourth-order valence-corrected chi connectivity index (χ4v) is 2.67. The van der Waals surface area contributed by atoms with Crippen molar-refractivity contribution in [1.29, 1.82) is 0 Å². The normalized spacial score (nSPS) is 20.4. The van der Waals surface area contributed by atoms with Crippen LogP contribution in [0.3, 0.4) is 0 Å². The third-order valence-corrected chi connectivity index (χ3v) is 4.10. The van der Waals surface area contributed by atoms with Crippen molar-refractivity contribution in [3.63, 3.8) is 0 Å². The number of rotatable bonds is 5. The molecule has 1 fully saturated rings. The Morgan fingerprint density at radius 1 is 1.38 bits per heavy atom. The Balaban J connectivity index is 1.97. The van der Waals surface area contributed by atoms with Gasteiger partial charge in [0.2, 0.25) is 5.89 Å². The molecule has 1 aliphatic rings. The molecule has 1 N–H and O–H groups in total. The molecule has 0 bridgehead atoms. The molecule has 0 saturated carbocycles. The zero-order valence-corrected chi connectivity index (χ0v) is 14.1. The number of nitrogens with zero attached hydrogens (tertiary/aromatic N) is 3. The Labute approximate surface area is 128 Å². The monoisotopic (exact) mass is 294 g/mol. The van der Waals surface area contributed by atoms with Gasteiger partial charge in [-0.05, 0) is 45.7 Å². The van der Waals surface area contributed by atoms with Crippen LogP contribution in [0.4, 0.5) is 0 Å². The van der Waals surface area contributed by atoms with Crippen molar-refractivity contribution in [2.24, 2.45) is 5.92 Å². The van der Waals surface area contributed by atoms with E-state index in [1.807, 2.05) is 0 Å². The highest BCUT2D eigenvalue weighted by Gasteiger charge is 2.24. The average molecular weight is 294 g/mol. The summed E-state index contributed by atoms with van der Waals surface area (Å²) in [6, 6.07) is 0.483. The number of aromatic nitrogens is 2. The van der Waals surface area contributed by atoms with E-state index in [1.165, 1.54) is 12.8 Å². The summed E-state index contributed by atoms with van der Waals surface area (Å²) >= 11 is 0. The summed E-state index contributed by atoms with van der Waals surface area (Å²) < 4.78 is 5.44. The van der Waals surface area contributed by atoms with Crippen LogP contribution < -0.4 is 5.32 Å². The summed E-state index contributed by atoms with van der Waals surface area (Å²) in [5.74, 6) is 2.25. The van der Waals surface area contributed by atoms with E-state index in [1.54, 1.807) is 0 Å². The fourth-order valence-electron chi connectivity index (χ4n) is 2.67. The van der Waals surface area contributed by atoms with E-state index in [9.17, 15) is 0 Å². The molecule has 0 radical (unpaired) electrons. The molecule has 21 heavy (non-hydrogen) atoms. The van der Waals surface area contributed by atoms with Crippen LogP contribution in [0.15, 0.2) is 4.52 Å². The number of piperidine rings is 1. The van der Waals surface area contributed by atoms with Crippen molar-refractivity contribution in [3.8, 4) is 0 Å². The summed E-state index contributed by atoms with van der Waals surface area (Å²) in [5, 5.41) is 7.61. The highest BCUT2D eigenvalue weighted by Crippen LogP contribution is 2.20. The van der Waals surface area contributed by atoms with Crippen LogP contribution in [0.5, 0.6) is 0 Å². The first kappa shape index (κ1) is 16.4. The van der Waals surface area contributed by atoms with Crippen LogP contribution in [0.1, 0.15) is 59.2 Å². The topological polar surface area (TPSA) is 54.2 Å². The van der Waals surface area contributed by atoms with Gasteiger partial charge in [-0.1, -0.05) is 25.9 Å². The van der Waals surface area contributed by atoms with E-state index in [-0.39, 0.29) is 5.41 Å². The van der Waals surface area contributed by atoms with Crippen LogP contribution in [0, 0.1) is 5.92 Å². The van der Waals surface area contributed by atoms with E-state index in [4.69, 9.17) is 4.52 Å². The molecule has 0 amide bonds. The summed E-state index contributed by atoms with van der Waals surface area (Å²) in [7, 11) is 0. The van der Waals surface area contributed by atoms with Gasteiger partial charge in [0.15, 0.2) is 5.82 Å². The second-order valence-corrected chi connectivity index (χ2v) is 7.50. The molecule has 0 spiro atoms. The molecule has 0 aliphatic carbocycles. The van der Waals surface area contributed by atoms with Gasteiger partial charge in [0.05, 0.1) is 6.54 Å². The Kier molecular flexibility index (Phi) is 5.38. The van der Waals surface area contributed by atoms with Gasteiger partial charge >= 0.3 is 0 Å². The highest BCUT2D eigenvalue weighted by molar-refractivity contribution is 5.00. The molecule has 2 heterocycles. The van der Waals surface area contributed by atoms with Gasteiger partial charge in [-0.2, -0.15) is 4.98 Å². The SMILES string of the molecule is CC(C)N(Cc1nc(C(C)(C)C)no1)CC1CCCNC1. The van der Waals surface area contributed by atoms with E-state index >= 15 is 0 Å². The Morgan fingerprint density at radius 2 is 2.14 bits per heavy atom. The van der Waals surface area contributed by atoms with Gasteiger partial charge in [0, 0.05) is 18.0 Å². The molecule has 120 valence electrons. The van der Waals surface area contributed by atoms with E-state index in [0.717, 1.165) is 43.8 Å². The molecule has 1 atom stereocenters. The highest BCUT2D eigenvalue weighted by atomic mass is 16.5. The lowest BCUT2D eigenvalue weighted by Crippen LogP contribution is -2.40. The summed E-state index contributed by atoms with van der Waals surface area (Å²) in [6.07, 6.45) is 2.60. The maximum atomic E-state index is 5.44. The molecule has 1 aromatic rings. The maximum absolute atomic E-state index is 5.44. The fraction of sp³-hybridized carbons (Fsp3) is 0.875.